The molecule has 0 bridgehead atoms. The summed E-state index contributed by atoms with van der Waals surface area (Å²) in [7, 11) is 0. The van der Waals surface area contributed by atoms with Crippen LogP contribution in [0.15, 0.2) is 77.2 Å². The predicted octanol–water partition coefficient (Wildman–Crippen LogP) is 4.83. The first-order valence-corrected chi connectivity index (χ1v) is 11.9. The Balaban J connectivity index is 1.75. The molecule has 2 atom stereocenters. The van der Waals surface area contributed by atoms with E-state index in [-0.39, 0.29) is 23.7 Å². The second-order valence-corrected chi connectivity index (χ2v) is 9.04. The fourth-order valence-electron chi connectivity index (χ4n) is 4.07. The average Bonchev–Trinajstić information content (AvgIpc) is 3.40. The minimum atomic E-state index is -0.897. The van der Waals surface area contributed by atoms with Crippen molar-refractivity contribution >= 4 is 5.91 Å². The molecule has 0 aliphatic carbocycles. The highest BCUT2D eigenvalue weighted by atomic mass is 16.4. The van der Waals surface area contributed by atoms with E-state index in [1.54, 1.807) is 31.2 Å². The molecule has 4 rings (SSSR count). The second kappa shape index (κ2) is 10.9. The van der Waals surface area contributed by atoms with Crippen LogP contribution in [0.1, 0.15) is 48.1 Å². The fourth-order valence-corrected chi connectivity index (χ4v) is 4.07. The normalized spacial score (nSPS) is 12.9. The van der Waals surface area contributed by atoms with Crippen LogP contribution in [0.3, 0.4) is 0 Å². The Morgan fingerprint density at radius 1 is 1.08 bits per heavy atom. The molecule has 4 aromatic rings. The lowest BCUT2D eigenvalue weighted by Crippen LogP contribution is -2.35. The third-order valence-corrected chi connectivity index (χ3v) is 5.84. The summed E-state index contributed by atoms with van der Waals surface area (Å²) in [5, 5.41) is 21.0. The van der Waals surface area contributed by atoms with E-state index in [1.807, 2.05) is 62.4 Å². The van der Waals surface area contributed by atoms with Crippen LogP contribution in [0.5, 0.6) is 0 Å². The highest BCUT2D eigenvalue weighted by molar-refractivity contribution is 5.97. The van der Waals surface area contributed by atoms with Gasteiger partial charge in [-0.1, -0.05) is 54.5 Å². The molecule has 0 saturated heterocycles. The van der Waals surface area contributed by atoms with Gasteiger partial charge in [0.25, 0.3) is 5.91 Å². The second-order valence-electron chi connectivity index (χ2n) is 9.04. The average molecular weight is 490 g/mol. The lowest BCUT2D eigenvalue weighted by Gasteiger charge is -2.20. The van der Waals surface area contributed by atoms with Crippen molar-refractivity contribution in [2.45, 2.75) is 38.8 Å². The number of nitriles is 1. The Hall–Kier alpha value is -4.72. The maximum Gasteiger partial charge on any atom is 0.252 e. The van der Waals surface area contributed by atoms with Crippen LogP contribution in [0.4, 0.5) is 0 Å². The topological polar surface area (TPSA) is 118 Å². The van der Waals surface area contributed by atoms with Crippen LogP contribution in [0.25, 0.3) is 22.6 Å². The van der Waals surface area contributed by atoms with Gasteiger partial charge in [0.15, 0.2) is 0 Å². The van der Waals surface area contributed by atoms with E-state index in [1.165, 1.54) is 0 Å². The third kappa shape index (κ3) is 5.92. The number of benzene rings is 3. The van der Waals surface area contributed by atoms with Gasteiger partial charge >= 0.3 is 0 Å². The molecule has 3 N–H and O–H groups in total. The Morgan fingerprint density at radius 2 is 1.78 bits per heavy atom. The van der Waals surface area contributed by atoms with Crippen molar-refractivity contribution in [2.24, 2.45) is 5.73 Å². The van der Waals surface area contributed by atoms with Crippen molar-refractivity contribution in [1.82, 2.24) is 15.5 Å². The van der Waals surface area contributed by atoms with Crippen LogP contribution in [0, 0.1) is 23.2 Å². The quantitative estimate of drug-likeness (QED) is 0.359. The Morgan fingerprint density at radius 3 is 2.51 bits per heavy atom. The largest absolute Gasteiger partial charge is 0.419 e. The number of hydrogen-bond donors (Lipinski definition) is 2. The highest BCUT2D eigenvalue weighted by Gasteiger charge is 2.29. The molecule has 1 amide bonds. The third-order valence-electron chi connectivity index (χ3n) is 5.84. The lowest BCUT2D eigenvalue weighted by molar-refractivity contribution is 0.0948. The summed E-state index contributed by atoms with van der Waals surface area (Å²) in [6.45, 7) is 5.37. The molecule has 1 heterocycles. The number of nitrogens with one attached hydrogen (secondary N) is 1. The zero-order valence-corrected chi connectivity index (χ0v) is 20.9. The van der Waals surface area contributed by atoms with E-state index in [4.69, 9.17) is 10.2 Å². The maximum atomic E-state index is 13.1. The fraction of sp³-hybridized carbons (Fsp3) is 0.200. The SMILES string of the molecule is CC#C[C@@H](C)NC(=O)c1cc(-c2nnc(C(C)(N)Cc3ccccc3)o2)cc(-c2ccccc2C#N)c1. The van der Waals surface area contributed by atoms with Gasteiger partial charge < -0.3 is 15.5 Å². The van der Waals surface area contributed by atoms with Crippen LogP contribution in [-0.2, 0) is 12.0 Å². The number of carbonyl (C=O) groups is 1. The zero-order chi connectivity index (χ0) is 26.4. The van der Waals surface area contributed by atoms with Gasteiger partial charge in [-0.15, -0.1) is 16.1 Å². The van der Waals surface area contributed by atoms with E-state index in [0.29, 0.717) is 34.2 Å². The molecule has 0 aliphatic rings. The first-order valence-electron chi connectivity index (χ1n) is 11.9. The van der Waals surface area contributed by atoms with Gasteiger partial charge in [0.05, 0.1) is 23.2 Å². The van der Waals surface area contributed by atoms with E-state index in [2.05, 4.69) is 33.4 Å². The summed E-state index contributed by atoms with van der Waals surface area (Å²) >= 11 is 0. The minimum Gasteiger partial charge on any atom is -0.419 e. The lowest BCUT2D eigenvalue weighted by atomic mass is 9.94. The predicted molar refractivity (Wildman–Crippen MR) is 142 cm³/mol. The van der Waals surface area contributed by atoms with E-state index >= 15 is 0 Å². The minimum absolute atomic E-state index is 0.228. The molecular formula is C30H27N5O2. The van der Waals surface area contributed by atoms with Crippen molar-refractivity contribution in [3.63, 3.8) is 0 Å². The van der Waals surface area contributed by atoms with Crippen molar-refractivity contribution in [1.29, 1.82) is 5.26 Å². The standard InChI is InChI=1S/C30H27N5O2/c1-4-10-20(2)33-27(36)24-15-23(26-14-9-8-13-22(26)19-31)16-25(17-24)28-34-35-29(37-28)30(3,32)18-21-11-6-5-7-12-21/h5-9,11-17,20H,18,32H2,1-3H3,(H,33,36)/t20-,30?/m1/s1. The van der Waals surface area contributed by atoms with Gasteiger partial charge in [0.1, 0.15) is 0 Å². The number of aromatic nitrogens is 2. The number of carbonyl (C=O) groups excluding carboxylic acids is 1. The zero-order valence-electron chi connectivity index (χ0n) is 20.9. The molecule has 3 aromatic carbocycles. The molecule has 0 aliphatic heterocycles. The summed E-state index contributed by atoms with van der Waals surface area (Å²) < 4.78 is 6.04. The van der Waals surface area contributed by atoms with Crippen LogP contribution < -0.4 is 11.1 Å². The van der Waals surface area contributed by atoms with Crippen LogP contribution in [-0.4, -0.2) is 22.1 Å². The van der Waals surface area contributed by atoms with Crippen molar-refractivity contribution in [3.8, 4) is 40.5 Å². The van der Waals surface area contributed by atoms with Gasteiger partial charge in [0.2, 0.25) is 11.8 Å². The molecule has 0 fully saturated rings. The van der Waals surface area contributed by atoms with Gasteiger partial charge in [-0.2, -0.15) is 5.26 Å². The van der Waals surface area contributed by atoms with Crippen molar-refractivity contribution in [3.05, 3.63) is 95.4 Å². The molecule has 0 spiro atoms. The molecule has 37 heavy (non-hydrogen) atoms. The number of hydrogen-bond acceptors (Lipinski definition) is 6. The van der Waals surface area contributed by atoms with Crippen LogP contribution >= 0.6 is 0 Å². The Bertz CT molecular complexity index is 1520. The van der Waals surface area contributed by atoms with Crippen molar-refractivity contribution < 1.29 is 9.21 Å². The monoisotopic (exact) mass is 489 g/mol. The van der Waals surface area contributed by atoms with Gasteiger partial charge in [-0.05, 0) is 68.1 Å². The molecule has 1 unspecified atom stereocenters. The summed E-state index contributed by atoms with van der Waals surface area (Å²) in [4.78, 5) is 13.1. The smallest absolute Gasteiger partial charge is 0.252 e. The first kappa shape index (κ1) is 25.4. The summed E-state index contributed by atoms with van der Waals surface area (Å²) in [5.74, 6) is 5.93. The summed E-state index contributed by atoms with van der Waals surface area (Å²) in [6.07, 6.45) is 0.509. The molecule has 0 radical (unpaired) electrons. The molecule has 7 heteroatoms. The van der Waals surface area contributed by atoms with E-state index < -0.39 is 5.54 Å². The molecule has 7 nitrogen and oxygen atoms in total. The first-order chi connectivity index (χ1) is 17.8. The molecular weight excluding hydrogens is 462 g/mol. The van der Waals surface area contributed by atoms with E-state index in [9.17, 15) is 10.1 Å². The van der Waals surface area contributed by atoms with Gasteiger partial charge in [0, 0.05) is 11.1 Å². The Labute approximate surface area is 216 Å². The Kier molecular flexibility index (Phi) is 7.48. The number of rotatable bonds is 7. The van der Waals surface area contributed by atoms with Gasteiger partial charge in [-0.3, -0.25) is 4.79 Å². The van der Waals surface area contributed by atoms with Crippen LogP contribution in [0.2, 0.25) is 0 Å². The molecule has 1 aromatic heterocycles. The van der Waals surface area contributed by atoms with Crippen molar-refractivity contribution in [2.75, 3.05) is 0 Å². The number of nitrogens with two attached hydrogens (primary N) is 1. The maximum absolute atomic E-state index is 13.1. The molecule has 184 valence electrons. The van der Waals surface area contributed by atoms with Gasteiger partial charge in [-0.25, -0.2) is 0 Å². The summed E-state index contributed by atoms with van der Waals surface area (Å²) in [6, 6.07) is 24.2. The number of nitrogens with zero attached hydrogens (tertiary/aromatic N) is 3. The van der Waals surface area contributed by atoms with E-state index in [0.717, 1.165) is 5.56 Å². The highest BCUT2D eigenvalue weighted by Crippen LogP contribution is 2.31. The summed E-state index contributed by atoms with van der Waals surface area (Å²) in [5.41, 5.74) is 9.49. The number of amides is 1. The molecule has 0 saturated carbocycles.